The lowest BCUT2D eigenvalue weighted by atomic mass is 10.3. The van der Waals surface area contributed by atoms with Crippen molar-refractivity contribution in [3.05, 3.63) is 53.3 Å². The molecule has 1 amide bonds. The minimum atomic E-state index is -0.237. The Kier molecular flexibility index (Phi) is 8.50. The Morgan fingerprint density at radius 2 is 1.90 bits per heavy atom. The maximum absolute atomic E-state index is 13.0. The lowest BCUT2D eigenvalue weighted by molar-refractivity contribution is -0.118. The number of hydrogen-bond acceptors (Lipinski definition) is 5. The molecule has 0 atom stereocenters. The molecule has 0 unspecified atom stereocenters. The number of aromatic nitrogens is 1. The van der Waals surface area contributed by atoms with Crippen LogP contribution in [0.5, 0.6) is 0 Å². The highest BCUT2D eigenvalue weighted by Gasteiger charge is 2.20. The Morgan fingerprint density at radius 3 is 2.60 bits per heavy atom. The predicted octanol–water partition coefficient (Wildman–Crippen LogP) is 5.95. The van der Waals surface area contributed by atoms with E-state index in [1.54, 1.807) is 28.8 Å². The molecule has 0 aliphatic carbocycles. The Balaban J connectivity index is 1.63. The first kappa shape index (κ1) is 23.0. The van der Waals surface area contributed by atoms with Crippen LogP contribution in [-0.4, -0.2) is 48.7 Å². The Morgan fingerprint density at radius 1 is 1.13 bits per heavy atom. The number of benzene rings is 2. The third kappa shape index (κ3) is 6.41. The molecule has 0 saturated heterocycles. The van der Waals surface area contributed by atoms with Crippen molar-refractivity contribution in [1.29, 1.82) is 0 Å². The first-order valence-corrected chi connectivity index (χ1v) is 12.0. The van der Waals surface area contributed by atoms with Crippen LogP contribution in [0.4, 0.5) is 9.52 Å². The third-order valence-electron chi connectivity index (χ3n) is 4.49. The molecule has 1 aromatic heterocycles. The summed E-state index contributed by atoms with van der Waals surface area (Å²) < 4.78 is 14.0. The molecule has 0 N–H and O–H groups in total. The van der Waals surface area contributed by atoms with Crippen molar-refractivity contribution in [1.82, 2.24) is 9.88 Å². The number of thiazole rings is 1. The predicted molar refractivity (Wildman–Crippen MR) is 127 cm³/mol. The highest BCUT2D eigenvalue weighted by Crippen LogP contribution is 2.33. The van der Waals surface area contributed by atoms with Crippen molar-refractivity contribution >= 4 is 56.0 Å². The molecule has 0 aliphatic rings. The van der Waals surface area contributed by atoms with Gasteiger partial charge in [-0.05, 0) is 75.6 Å². The average molecular weight is 466 g/mol. The summed E-state index contributed by atoms with van der Waals surface area (Å²) >= 11 is 9.41. The molecule has 2 aromatic carbocycles. The van der Waals surface area contributed by atoms with Gasteiger partial charge in [-0.25, -0.2) is 9.37 Å². The molecule has 0 spiro atoms. The van der Waals surface area contributed by atoms with Gasteiger partial charge in [0.2, 0.25) is 5.91 Å². The monoisotopic (exact) mass is 465 g/mol. The lowest BCUT2D eigenvalue weighted by Crippen LogP contribution is -2.33. The number of anilines is 1. The van der Waals surface area contributed by atoms with E-state index in [-0.39, 0.29) is 11.7 Å². The molecular formula is C22H25ClFN3OS2. The molecule has 160 valence electrons. The second-order valence-electron chi connectivity index (χ2n) is 7.19. The van der Waals surface area contributed by atoms with Gasteiger partial charge in [0.1, 0.15) is 11.3 Å². The number of carbonyl (C=O) groups is 1. The van der Waals surface area contributed by atoms with Crippen molar-refractivity contribution in [3.63, 3.8) is 0 Å². The number of hydrogen-bond donors (Lipinski definition) is 0. The zero-order valence-electron chi connectivity index (χ0n) is 17.1. The minimum absolute atomic E-state index is 0.0728. The van der Waals surface area contributed by atoms with Crippen LogP contribution >= 0.6 is 34.7 Å². The molecule has 0 bridgehead atoms. The maximum atomic E-state index is 13.0. The van der Waals surface area contributed by atoms with Crippen molar-refractivity contribution in [2.24, 2.45) is 0 Å². The van der Waals surface area contributed by atoms with Crippen LogP contribution < -0.4 is 4.90 Å². The zero-order chi connectivity index (χ0) is 21.5. The van der Waals surface area contributed by atoms with Gasteiger partial charge < -0.3 is 4.90 Å². The van der Waals surface area contributed by atoms with Crippen molar-refractivity contribution < 1.29 is 9.18 Å². The number of halogens is 2. The summed E-state index contributed by atoms with van der Waals surface area (Å²) in [7, 11) is 4.05. The fourth-order valence-corrected chi connectivity index (χ4v) is 5.13. The molecule has 8 heteroatoms. The smallest absolute Gasteiger partial charge is 0.228 e. The van der Waals surface area contributed by atoms with E-state index in [1.165, 1.54) is 23.5 Å². The van der Waals surface area contributed by atoms with Gasteiger partial charge in [0.25, 0.3) is 0 Å². The van der Waals surface area contributed by atoms with Gasteiger partial charge in [-0.2, -0.15) is 0 Å². The second kappa shape index (κ2) is 11.1. The molecule has 1 heterocycles. The van der Waals surface area contributed by atoms with Crippen LogP contribution in [0, 0.1) is 5.82 Å². The van der Waals surface area contributed by atoms with Gasteiger partial charge in [-0.1, -0.05) is 29.0 Å². The highest BCUT2D eigenvalue weighted by atomic mass is 35.5. The number of thioether (sulfide) groups is 1. The van der Waals surface area contributed by atoms with Gasteiger partial charge in [0.15, 0.2) is 5.13 Å². The molecule has 0 radical (unpaired) electrons. The van der Waals surface area contributed by atoms with E-state index in [2.05, 4.69) is 9.88 Å². The van der Waals surface area contributed by atoms with E-state index in [4.69, 9.17) is 11.6 Å². The van der Waals surface area contributed by atoms with E-state index in [0.717, 1.165) is 40.3 Å². The van der Waals surface area contributed by atoms with Gasteiger partial charge in [-0.3, -0.25) is 9.69 Å². The van der Waals surface area contributed by atoms with Crippen LogP contribution in [0.25, 0.3) is 10.2 Å². The number of nitrogens with zero attached hydrogens (tertiary/aromatic N) is 3. The molecule has 0 saturated carbocycles. The fourth-order valence-electron chi connectivity index (χ4n) is 2.97. The van der Waals surface area contributed by atoms with E-state index >= 15 is 0 Å². The van der Waals surface area contributed by atoms with Crippen molar-refractivity contribution in [3.8, 4) is 0 Å². The summed E-state index contributed by atoms with van der Waals surface area (Å²) in [5.41, 5.74) is 0.747. The molecule has 3 rings (SSSR count). The van der Waals surface area contributed by atoms with Crippen LogP contribution in [0.15, 0.2) is 47.4 Å². The molecule has 3 aromatic rings. The number of amides is 1. The molecule has 30 heavy (non-hydrogen) atoms. The quantitative estimate of drug-likeness (QED) is 0.274. The summed E-state index contributed by atoms with van der Waals surface area (Å²) in [6.45, 7) is 1.52. The van der Waals surface area contributed by atoms with Gasteiger partial charge in [0.05, 0.1) is 9.72 Å². The van der Waals surface area contributed by atoms with Crippen LogP contribution in [0.3, 0.4) is 0 Å². The largest absolute Gasteiger partial charge is 0.309 e. The fraction of sp³-hybridized carbons (Fsp3) is 0.364. The van der Waals surface area contributed by atoms with Crippen molar-refractivity contribution in [2.75, 3.05) is 37.8 Å². The van der Waals surface area contributed by atoms with E-state index in [1.807, 2.05) is 32.3 Å². The minimum Gasteiger partial charge on any atom is -0.309 e. The Hall–Kier alpha value is -1.67. The first-order chi connectivity index (χ1) is 14.4. The van der Waals surface area contributed by atoms with E-state index in [9.17, 15) is 9.18 Å². The molecule has 0 fully saturated rings. The van der Waals surface area contributed by atoms with Crippen LogP contribution in [0.1, 0.15) is 19.3 Å². The number of rotatable bonds is 10. The van der Waals surface area contributed by atoms with Gasteiger partial charge in [0, 0.05) is 17.9 Å². The average Bonchev–Trinajstić information content (AvgIpc) is 3.15. The lowest BCUT2D eigenvalue weighted by Gasteiger charge is -2.21. The molecule has 4 nitrogen and oxygen atoms in total. The van der Waals surface area contributed by atoms with Crippen LogP contribution in [-0.2, 0) is 4.79 Å². The highest BCUT2D eigenvalue weighted by molar-refractivity contribution is 7.99. The van der Waals surface area contributed by atoms with E-state index < -0.39 is 0 Å². The summed E-state index contributed by atoms with van der Waals surface area (Å²) in [4.78, 5) is 22.6. The van der Waals surface area contributed by atoms with Gasteiger partial charge >= 0.3 is 0 Å². The Labute approximate surface area is 190 Å². The number of para-hydroxylation sites is 1. The van der Waals surface area contributed by atoms with Crippen LogP contribution in [0.2, 0.25) is 5.02 Å². The summed E-state index contributed by atoms with van der Waals surface area (Å²) in [5.74, 6) is 0.636. The summed E-state index contributed by atoms with van der Waals surface area (Å²) in [5, 5.41) is 1.31. The zero-order valence-corrected chi connectivity index (χ0v) is 19.5. The Bertz CT molecular complexity index is 978. The second-order valence-corrected chi connectivity index (χ2v) is 9.78. The SMILES string of the molecule is CN(C)CCCN(C(=O)CCCSc1ccc(F)cc1)c1nc2c(Cl)cccc2s1. The third-order valence-corrected chi connectivity index (χ3v) is 6.94. The first-order valence-electron chi connectivity index (χ1n) is 9.82. The summed E-state index contributed by atoms with van der Waals surface area (Å²) in [6.07, 6.45) is 2.06. The standard InChI is InChI=1S/C22H25ClFN3OS2/c1-26(2)13-5-14-27(22-25-21-18(23)6-3-7-19(21)30-22)20(28)8-4-15-29-17-11-9-16(24)10-12-17/h3,6-7,9-12H,4-5,8,13-15H2,1-2H3. The topological polar surface area (TPSA) is 36.4 Å². The van der Waals surface area contributed by atoms with Crippen molar-refractivity contribution in [2.45, 2.75) is 24.2 Å². The van der Waals surface area contributed by atoms with Gasteiger partial charge in [-0.15, -0.1) is 11.8 Å². The van der Waals surface area contributed by atoms with E-state index in [0.29, 0.717) is 23.1 Å². The number of carbonyl (C=O) groups excluding carboxylic acids is 1. The summed E-state index contributed by atoms with van der Waals surface area (Å²) in [6, 6.07) is 12.1. The molecule has 0 aliphatic heterocycles. The normalized spacial score (nSPS) is 11.4. The molecular weight excluding hydrogens is 441 g/mol. The number of fused-ring (bicyclic) bond motifs is 1. The maximum Gasteiger partial charge on any atom is 0.228 e.